The van der Waals surface area contributed by atoms with Crippen molar-refractivity contribution >= 4 is 23.0 Å². The summed E-state index contributed by atoms with van der Waals surface area (Å²) in [7, 11) is 0. The second kappa shape index (κ2) is 9.39. The van der Waals surface area contributed by atoms with E-state index < -0.39 is 0 Å². The predicted molar refractivity (Wildman–Crippen MR) is 124 cm³/mol. The number of hydrazone groups is 1. The molecule has 0 aliphatic heterocycles. The molecule has 0 radical (unpaired) electrons. The summed E-state index contributed by atoms with van der Waals surface area (Å²) in [6.07, 6.45) is 1.40. The highest BCUT2D eigenvalue weighted by molar-refractivity contribution is 6.07. The van der Waals surface area contributed by atoms with E-state index in [1.54, 1.807) is 18.2 Å². The van der Waals surface area contributed by atoms with Crippen molar-refractivity contribution < 1.29 is 13.9 Å². The molecule has 5 nitrogen and oxygen atoms in total. The summed E-state index contributed by atoms with van der Waals surface area (Å²) in [4.78, 5) is 17.8. The van der Waals surface area contributed by atoms with Gasteiger partial charge in [0.05, 0.1) is 29.1 Å². The van der Waals surface area contributed by atoms with Crippen LogP contribution in [0.25, 0.3) is 22.2 Å². The number of halogens is 1. The van der Waals surface area contributed by atoms with E-state index >= 15 is 0 Å². The largest absolute Gasteiger partial charge is 0.490 e. The lowest BCUT2D eigenvalue weighted by molar-refractivity contribution is 0.0956. The minimum Gasteiger partial charge on any atom is -0.490 e. The summed E-state index contributed by atoms with van der Waals surface area (Å²) in [5.41, 5.74) is 5.62. The van der Waals surface area contributed by atoms with Gasteiger partial charge in [0.1, 0.15) is 11.6 Å². The van der Waals surface area contributed by atoms with Crippen LogP contribution in [0.1, 0.15) is 29.8 Å². The minimum atomic E-state index is -0.389. The van der Waals surface area contributed by atoms with Crippen molar-refractivity contribution in [2.45, 2.75) is 20.0 Å². The van der Waals surface area contributed by atoms with Crippen LogP contribution in [0.5, 0.6) is 5.75 Å². The van der Waals surface area contributed by atoms with Crippen LogP contribution in [0.15, 0.2) is 84.0 Å². The van der Waals surface area contributed by atoms with E-state index in [1.165, 1.54) is 18.3 Å². The van der Waals surface area contributed by atoms with Crippen molar-refractivity contribution in [3.8, 4) is 17.0 Å². The number of nitrogens with one attached hydrogen (secondary N) is 1. The molecule has 0 aliphatic rings. The molecule has 1 heterocycles. The molecule has 0 atom stereocenters. The molecule has 0 fully saturated rings. The number of fused-ring (bicyclic) bond motifs is 1. The van der Waals surface area contributed by atoms with Crippen LogP contribution in [0.2, 0.25) is 0 Å². The van der Waals surface area contributed by atoms with E-state index in [0.29, 0.717) is 33.5 Å². The van der Waals surface area contributed by atoms with Gasteiger partial charge in [-0.1, -0.05) is 42.5 Å². The van der Waals surface area contributed by atoms with Crippen LogP contribution < -0.4 is 10.2 Å². The number of aromatic nitrogens is 1. The number of hydrogen-bond acceptors (Lipinski definition) is 4. The predicted octanol–water partition coefficient (Wildman–Crippen LogP) is 5.59. The van der Waals surface area contributed by atoms with Gasteiger partial charge in [0.2, 0.25) is 0 Å². The van der Waals surface area contributed by atoms with Gasteiger partial charge in [0.15, 0.2) is 0 Å². The second-order valence-corrected chi connectivity index (χ2v) is 7.49. The fourth-order valence-corrected chi connectivity index (χ4v) is 3.35. The van der Waals surface area contributed by atoms with E-state index in [-0.39, 0.29) is 17.8 Å². The van der Waals surface area contributed by atoms with Gasteiger partial charge >= 0.3 is 0 Å². The van der Waals surface area contributed by atoms with E-state index in [2.05, 4.69) is 10.5 Å². The number of nitrogens with zero attached hydrogens (tertiary/aromatic N) is 2. The van der Waals surface area contributed by atoms with E-state index in [4.69, 9.17) is 9.72 Å². The van der Waals surface area contributed by atoms with Gasteiger partial charge in [-0.3, -0.25) is 4.79 Å². The Morgan fingerprint density at radius 2 is 1.81 bits per heavy atom. The molecular weight excluding hydrogens is 405 g/mol. The third-order valence-electron chi connectivity index (χ3n) is 4.71. The topological polar surface area (TPSA) is 63.6 Å². The van der Waals surface area contributed by atoms with Crippen molar-refractivity contribution in [1.29, 1.82) is 0 Å². The highest BCUT2D eigenvalue weighted by Crippen LogP contribution is 2.32. The van der Waals surface area contributed by atoms with Crippen molar-refractivity contribution in [3.63, 3.8) is 0 Å². The molecule has 0 aliphatic carbocycles. The fourth-order valence-electron chi connectivity index (χ4n) is 3.35. The Bertz CT molecular complexity index is 1300. The lowest BCUT2D eigenvalue weighted by Gasteiger charge is -2.15. The van der Waals surface area contributed by atoms with Gasteiger partial charge in [-0.25, -0.2) is 14.8 Å². The van der Waals surface area contributed by atoms with E-state index in [1.807, 2.05) is 62.4 Å². The number of rotatable bonds is 6. The maximum Gasteiger partial charge on any atom is 0.272 e. The molecule has 160 valence electrons. The molecule has 0 bridgehead atoms. The van der Waals surface area contributed by atoms with Crippen LogP contribution in [0, 0.1) is 5.82 Å². The normalized spacial score (nSPS) is 11.2. The molecule has 1 N–H and O–H groups in total. The minimum absolute atomic E-state index is 0.00321. The van der Waals surface area contributed by atoms with Crippen molar-refractivity contribution in [3.05, 3.63) is 95.8 Å². The third kappa shape index (κ3) is 4.81. The van der Waals surface area contributed by atoms with Crippen molar-refractivity contribution in [2.24, 2.45) is 5.10 Å². The number of para-hydroxylation sites is 2. The zero-order chi connectivity index (χ0) is 22.5. The summed E-state index contributed by atoms with van der Waals surface area (Å²) >= 11 is 0. The lowest BCUT2D eigenvalue weighted by atomic mass is 10.0. The molecule has 32 heavy (non-hydrogen) atoms. The van der Waals surface area contributed by atoms with Gasteiger partial charge in [-0.2, -0.15) is 5.10 Å². The number of pyridine rings is 1. The Labute approximate surface area is 185 Å². The molecule has 0 unspecified atom stereocenters. The van der Waals surface area contributed by atoms with Crippen LogP contribution >= 0.6 is 0 Å². The van der Waals surface area contributed by atoms with Crippen LogP contribution in [-0.4, -0.2) is 23.2 Å². The smallest absolute Gasteiger partial charge is 0.272 e. The quantitative estimate of drug-likeness (QED) is 0.322. The number of carbonyl (C=O) groups excluding carboxylic acids is 1. The first-order valence-corrected chi connectivity index (χ1v) is 10.3. The molecule has 4 rings (SSSR count). The summed E-state index contributed by atoms with van der Waals surface area (Å²) < 4.78 is 19.3. The summed E-state index contributed by atoms with van der Waals surface area (Å²) in [6.45, 7) is 3.92. The first-order valence-electron chi connectivity index (χ1n) is 10.3. The first kappa shape index (κ1) is 21.2. The number of carbonyl (C=O) groups is 1. The SMILES string of the molecule is CC(C)Oc1ccccc1-c1cc(C(=O)N/N=C\c2cccc(F)c2)c2ccccc2n1. The van der Waals surface area contributed by atoms with E-state index in [0.717, 1.165) is 5.56 Å². The van der Waals surface area contributed by atoms with Crippen LogP contribution in [0.4, 0.5) is 4.39 Å². The van der Waals surface area contributed by atoms with Crippen molar-refractivity contribution in [2.75, 3.05) is 0 Å². The molecular formula is C26H22FN3O2. The highest BCUT2D eigenvalue weighted by atomic mass is 19.1. The molecule has 0 spiro atoms. The molecule has 1 aromatic heterocycles. The maximum absolute atomic E-state index is 13.3. The molecule has 3 aromatic carbocycles. The Hall–Kier alpha value is -4.06. The van der Waals surface area contributed by atoms with Gasteiger partial charge in [-0.05, 0) is 55.8 Å². The monoisotopic (exact) mass is 427 g/mol. The first-order chi connectivity index (χ1) is 15.5. The van der Waals surface area contributed by atoms with E-state index in [9.17, 15) is 9.18 Å². The molecule has 1 amide bonds. The molecule has 6 heteroatoms. The number of hydrogen-bond donors (Lipinski definition) is 1. The van der Waals surface area contributed by atoms with Gasteiger partial charge in [0.25, 0.3) is 5.91 Å². The van der Waals surface area contributed by atoms with Gasteiger partial charge < -0.3 is 4.74 Å². The second-order valence-electron chi connectivity index (χ2n) is 7.49. The van der Waals surface area contributed by atoms with Crippen LogP contribution in [0.3, 0.4) is 0 Å². The zero-order valence-corrected chi connectivity index (χ0v) is 17.7. The number of amides is 1. The number of ether oxygens (including phenoxy) is 1. The zero-order valence-electron chi connectivity index (χ0n) is 17.7. The molecule has 0 saturated carbocycles. The summed E-state index contributed by atoms with van der Waals surface area (Å²) in [5.74, 6) is -0.0622. The average Bonchev–Trinajstić information content (AvgIpc) is 2.78. The third-order valence-corrected chi connectivity index (χ3v) is 4.71. The average molecular weight is 427 g/mol. The fraction of sp³-hybridized carbons (Fsp3) is 0.115. The standard InChI is InChI=1S/C26H22FN3O2/c1-17(2)32-25-13-6-4-11-21(25)24-15-22(20-10-3-5-12-23(20)29-24)26(31)30-28-16-18-8-7-9-19(27)14-18/h3-17H,1-2H3,(H,30,31)/b28-16-. The summed E-state index contributed by atoms with van der Waals surface area (Å²) in [5, 5.41) is 4.69. The maximum atomic E-state index is 13.3. The molecule has 4 aromatic rings. The number of benzene rings is 3. The Morgan fingerprint density at radius 3 is 2.62 bits per heavy atom. The van der Waals surface area contributed by atoms with Crippen LogP contribution in [-0.2, 0) is 0 Å². The van der Waals surface area contributed by atoms with Gasteiger partial charge in [0, 0.05) is 10.9 Å². The Balaban J connectivity index is 1.71. The Morgan fingerprint density at radius 1 is 1.03 bits per heavy atom. The lowest BCUT2D eigenvalue weighted by Crippen LogP contribution is -2.18. The highest BCUT2D eigenvalue weighted by Gasteiger charge is 2.16. The Kier molecular flexibility index (Phi) is 6.22. The summed E-state index contributed by atoms with van der Waals surface area (Å²) in [6, 6.07) is 22.7. The van der Waals surface area contributed by atoms with Gasteiger partial charge in [-0.15, -0.1) is 0 Å². The molecule has 0 saturated heterocycles. The van der Waals surface area contributed by atoms with Crippen molar-refractivity contribution in [1.82, 2.24) is 10.4 Å².